The lowest BCUT2D eigenvalue weighted by Gasteiger charge is -2.44. The largest absolute Gasteiger partial charge is 0.453 e. The van der Waals surface area contributed by atoms with Crippen molar-refractivity contribution < 1.29 is 4.74 Å². The number of nitrogens with zero attached hydrogens (tertiary/aromatic N) is 3. The van der Waals surface area contributed by atoms with E-state index >= 15 is 0 Å². The summed E-state index contributed by atoms with van der Waals surface area (Å²) >= 11 is 1.93. The van der Waals surface area contributed by atoms with Crippen LogP contribution < -0.4 is 14.5 Å². The summed E-state index contributed by atoms with van der Waals surface area (Å²) in [7, 11) is 0. The number of allylic oxidation sites excluding steroid dienone is 4. The predicted molar refractivity (Wildman–Crippen MR) is 337 cm³/mol. The van der Waals surface area contributed by atoms with Crippen molar-refractivity contribution in [1.29, 1.82) is 0 Å². The molecule has 5 heteroatoms. The molecule has 2 aliphatic carbocycles. The zero-order valence-corrected chi connectivity index (χ0v) is 49.4. The van der Waals surface area contributed by atoms with Crippen LogP contribution in [0.4, 0.5) is 28.4 Å². The van der Waals surface area contributed by atoms with Crippen LogP contribution in [0.1, 0.15) is 150 Å². The molecule has 0 amide bonds. The molecular weight excluding hydrogens is 967 g/mol. The Morgan fingerprint density at radius 2 is 1.23 bits per heavy atom. The number of benzene rings is 7. The van der Waals surface area contributed by atoms with Crippen LogP contribution >= 0.6 is 11.3 Å². The van der Waals surface area contributed by atoms with Crippen LogP contribution in [0.2, 0.25) is 0 Å². The predicted octanol–water partition coefficient (Wildman–Crippen LogP) is 21.7. The number of thiophene rings is 1. The number of para-hydroxylation sites is 4. The van der Waals surface area contributed by atoms with Gasteiger partial charge in [-0.05, 0) is 165 Å². The molecule has 1 aliphatic heterocycles. The molecular formula is C73H77N3OS. The normalized spacial score (nSPS) is 17.1. The fourth-order valence-electron chi connectivity index (χ4n) is 12.6. The summed E-state index contributed by atoms with van der Waals surface area (Å²) < 4.78 is 11.9. The van der Waals surface area contributed by atoms with Gasteiger partial charge in [0.25, 0.3) is 0 Å². The monoisotopic (exact) mass is 1040 g/mol. The molecule has 9 aromatic rings. The number of fused-ring (bicyclic) bond motifs is 8. The summed E-state index contributed by atoms with van der Waals surface area (Å²) in [6.07, 6.45) is 8.31. The summed E-state index contributed by atoms with van der Waals surface area (Å²) in [6, 6.07) is 54.9. The fourth-order valence-corrected chi connectivity index (χ4v) is 13.9. The van der Waals surface area contributed by atoms with Crippen molar-refractivity contribution in [1.82, 2.24) is 4.57 Å². The van der Waals surface area contributed by atoms with Gasteiger partial charge in [0.05, 0.1) is 44.2 Å². The molecule has 0 saturated carbocycles. The first-order valence-electron chi connectivity index (χ1n) is 28.3. The van der Waals surface area contributed by atoms with E-state index in [0.717, 1.165) is 76.0 Å². The summed E-state index contributed by atoms with van der Waals surface area (Å²) in [5, 5.41) is 2.49. The van der Waals surface area contributed by atoms with E-state index in [1.807, 2.05) is 11.3 Å². The van der Waals surface area contributed by atoms with Crippen molar-refractivity contribution in [2.24, 2.45) is 11.3 Å². The molecule has 396 valence electrons. The van der Waals surface area contributed by atoms with E-state index in [1.54, 1.807) is 0 Å². The molecule has 3 heterocycles. The van der Waals surface area contributed by atoms with Gasteiger partial charge in [-0.25, -0.2) is 0 Å². The van der Waals surface area contributed by atoms with Gasteiger partial charge in [0.15, 0.2) is 11.5 Å². The van der Waals surface area contributed by atoms with Crippen LogP contribution in [0.3, 0.4) is 0 Å². The van der Waals surface area contributed by atoms with E-state index in [-0.39, 0.29) is 27.1 Å². The van der Waals surface area contributed by atoms with Crippen molar-refractivity contribution in [2.45, 2.75) is 138 Å². The third kappa shape index (κ3) is 8.63. The minimum atomic E-state index is -0.0559. The second-order valence-electron chi connectivity index (χ2n) is 27.1. The standard InChI is InChI=1S/C73H77N3OS/c1-45(2)52-43-55-56(73(14,15)38-37-72(55,12)13)44-60(52)76(57-35-31-48(70(6,7)8)39-53(57)46-23-17-16-18-24-46)62-42-51(74-58-25-19-21-27-63(58)77-64-28-22-20-26-59(64)74)41-61-66(62)68-67(54-40-49(71(9,10)11)32-36-65(54)78-68)75(61)50-33-29-47(30-34-50)69(3,4)5/h16-30,32-36,39-44,48H,1,31,37-38H2,2-15H3. The lowest BCUT2D eigenvalue weighted by atomic mass is 9.62. The smallest absolute Gasteiger partial charge is 0.151 e. The molecule has 4 nitrogen and oxygen atoms in total. The quantitative estimate of drug-likeness (QED) is 0.159. The number of rotatable bonds is 7. The van der Waals surface area contributed by atoms with Crippen molar-refractivity contribution in [3.8, 4) is 17.2 Å². The Morgan fingerprint density at radius 3 is 1.83 bits per heavy atom. The Labute approximate surface area is 468 Å². The summed E-state index contributed by atoms with van der Waals surface area (Å²) in [4.78, 5) is 5.14. The van der Waals surface area contributed by atoms with Crippen molar-refractivity contribution in [2.75, 3.05) is 9.80 Å². The first kappa shape index (κ1) is 51.7. The summed E-state index contributed by atoms with van der Waals surface area (Å²) in [6.45, 7) is 38.0. The lowest BCUT2D eigenvalue weighted by molar-refractivity contribution is 0.294. The van der Waals surface area contributed by atoms with Crippen LogP contribution in [0.25, 0.3) is 48.0 Å². The van der Waals surface area contributed by atoms with E-state index in [9.17, 15) is 0 Å². The highest BCUT2D eigenvalue weighted by atomic mass is 32.1. The van der Waals surface area contributed by atoms with Crippen LogP contribution in [0.15, 0.2) is 170 Å². The zero-order valence-electron chi connectivity index (χ0n) is 48.6. The second kappa shape index (κ2) is 18.2. The number of ether oxygens (including phenoxy) is 1. The van der Waals surface area contributed by atoms with Gasteiger partial charge in [0.2, 0.25) is 0 Å². The molecule has 0 saturated heterocycles. The Balaban J connectivity index is 1.30. The average Bonchev–Trinajstić information content (AvgIpc) is 3.88. The average molecular weight is 1040 g/mol. The van der Waals surface area contributed by atoms with E-state index in [4.69, 9.17) is 11.3 Å². The second-order valence-corrected chi connectivity index (χ2v) is 28.2. The van der Waals surface area contributed by atoms with Gasteiger partial charge < -0.3 is 19.1 Å². The highest BCUT2D eigenvalue weighted by Gasteiger charge is 2.41. The van der Waals surface area contributed by atoms with Crippen molar-refractivity contribution in [3.63, 3.8) is 0 Å². The molecule has 7 aromatic carbocycles. The topological polar surface area (TPSA) is 20.6 Å². The zero-order chi connectivity index (χ0) is 55.0. The van der Waals surface area contributed by atoms with Crippen molar-refractivity contribution in [3.05, 3.63) is 203 Å². The highest BCUT2D eigenvalue weighted by Crippen LogP contribution is 2.58. The number of hydrogen-bond donors (Lipinski definition) is 0. The Morgan fingerprint density at radius 1 is 0.641 bits per heavy atom. The molecule has 0 fully saturated rings. The first-order chi connectivity index (χ1) is 36.9. The Hall–Kier alpha value is -7.08. The maximum absolute atomic E-state index is 6.76. The summed E-state index contributed by atoms with van der Waals surface area (Å²) in [5.41, 5.74) is 20.1. The molecule has 0 N–H and O–H groups in total. The summed E-state index contributed by atoms with van der Waals surface area (Å²) in [5.74, 6) is 1.97. The van der Waals surface area contributed by atoms with E-state index < -0.39 is 0 Å². The lowest BCUT2D eigenvalue weighted by Crippen LogP contribution is -2.34. The highest BCUT2D eigenvalue weighted by molar-refractivity contribution is 7.26. The van der Waals surface area contributed by atoms with E-state index in [1.165, 1.54) is 70.3 Å². The van der Waals surface area contributed by atoms with Crippen LogP contribution in [0.5, 0.6) is 11.5 Å². The molecule has 3 aliphatic rings. The molecule has 2 aromatic heterocycles. The molecule has 0 radical (unpaired) electrons. The maximum Gasteiger partial charge on any atom is 0.151 e. The van der Waals surface area contributed by atoms with Gasteiger partial charge in [-0.15, -0.1) is 11.3 Å². The van der Waals surface area contributed by atoms with E-state index in [0.29, 0.717) is 5.92 Å². The number of anilines is 5. The third-order valence-electron chi connectivity index (χ3n) is 17.5. The minimum absolute atomic E-state index is 0.00322. The molecule has 0 spiro atoms. The molecule has 0 bridgehead atoms. The molecule has 12 rings (SSSR count). The fraction of sp³-hybridized carbons (Fsp3) is 0.315. The van der Waals surface area contributed by atoms with E-state index in [2.05, 4.69) is 269 Å². The van der Waals surface area contributed by atoms with Crippen molar-refractivity contribution >= 4 is 82.1 Å². The Bertz CT molecular complexity index is 3900. The number of hydrogen-bond acceptors (Lipinski definition) is 4. The van der Waals surface area contributed by atoms with Gasteiger partial charge in [0.1, 0.15) is 0 Å². The molecule has 1 unspecified atom stereocenters. The first-order valence-corrected chi connectivity index (χ1v) is 29.2. The minimum Gasteiger partial charge on any atom is -0.453 e. The molecule has 1 atom stereocenters. The van der Waals surface area contributed by atoms with Crippen LogP contribution in [-0.4, -0.2) is 4.57 Å². The van der Waals surface area contributed by atoms with Gasteiger partial charge in [-0.1, -0.05) is 182 Å². The Kier molecular flexibility index (Phi) is 12.1. The van der Waals surface area contributed by atoms with Crippen LogP contribution in [-0.2, 0) is 21.7 Å². The van der Waals surface area contributed by atoms with Gasteiger partial charge in [0, 0.05) is 38.0 Å². The van der Waals surface area contributed by atoms with Gasteiger partial charge in [-0.3, -0.25) is 0 Å². The third-order valence-corrected chi connectivity index (χ3v) is 18.7. The van der Waals surface area contributed by atoms with Crippen LogP contribution in [0, 0.1) is 11.3 Å². The molecule has 78 heavy (non-hydrogen) atoms. The maximum atomic E-state index is 6.76. The van der Waals surface area contributed by atoms with Gasteiger partial charge in [-0.2, -0.15) is 0 Å². The SMILES string of the molecule is C=C(C)c1cc2c(cc1N(C1=CCC(C(C)(C)C)C=C1c1ccccc1)c1cc(N3c4ccccc4Oc4ccccc43)cc3c1c1sc4ccc(C(C)(C)C)cc4c1n3-c1ccc(C(C)(C)C)cc1)C(C)(C)CCC2(C)C. The number of aromatic nitrogens is 1. The van der Waals surface area contributed by atoms with Gasteiger partial charge >= 0.3 is 0 Å².